The molecule has 4 heteroatoms. The maximum absolute atomic E-state index is 13.3. The molecule has 2 heterocycles. The fourth-order valence-corrected chi connectivity index (χ4v) is 2.49. The van der Waals surface area contributed by atoms with E-state index in [2.05, 4.69) is 10.3 Å². The predicted molar refractivity (Wildman–Crippen MR) is 70.4 cm³/mol. The molecule has 3 rings (SSSR count). The van der Waals surface area contributed by atoms with Crippen molar-refractivity contribution in [3.8, 4) is 5.75 Å². The second-order valence-electron chi connectivity index (χ2n) is 4.65. The average molecular weight is 258 g/mol. The van der Waals surface area contributed by atoms with Crippen molar-refractivity contribution in [2.45, 2.75) is 18.6 Å². The van der Waals surface area contributed by atoms with Gasteiger partial charge in [-0.15, -0.1) is 0 Å². The van der Waals surface area contributed by atoms with Crippen LogP contribution < -0.4 is 10.1 Å². The molecule has 0 bridgehead atoms. The minimum absolute atomic E-state index is 0.0517. The second kappa shape index (κ2) is 4.97. The minimum atomic E-state index is -0.234. The molecule has 1 aromatic heterocycles. The van der Waals surface area contributed by atoms with Crippen LogP contribution in [0.5, 0.6) is 5.75 Å². The Balaban J connectivity index is 1.96. The molecule has 0 saturated heterocycles. The Bertz CT molecular complexity index is 574. The Morgan fingerprint density at radius 1 is 1.37 bits per heavy atom. The van der Waals surface area contributed by atoms with Crippen LogP contribution in [0.1, 0.15) is 29.7 Å². The molecule has 0 aliphatic carbocycles. The number of rotatable bonds is 2. The molecule has 0 fully saturated rings. The van der Waals surface area contributed by atoms with E-state index in [1.54, 1.807) is 12.3 Å². The van der Waals surface area contributed by atoms with Gasteiger partial charge in [0, 0.05) is 36.0 Å². The summed E-state index contributed by atoms with van der Waals surface area (Å²) in [5.74, 6) is 0.503. The van der Waals surface area contributed by atoms with Gasteiger partial charge < -0.3 is 10.1 Å². The summed E-state index contributed by atoms with van der Waals surface area (Å²) >= 11 is 0. The van der Waals surface area contributed by atoms with Crippen molar-refractivity contribution in [3.63, 3.8) is 0 Å². The lowest BCUT2D eigenvalue weighted by atomic mass is 9.93. The summed E-state index contributed by atoms with van der Waals surface area (Å²) in [6, 6.07) is 8.64. The van der Waals surface area contributed by atoms with Crippen molar-refractivity contribution >= 4 is 0 Å². The zero-order valence-electron chi connectivity index (χ0n) is 10.6. The number of nitrogens with zero attached hydrogens (tertiary/aromatic N) is 1. The molecule has 0 saturated carbocycles. The molecule has 0 radical (unpaired) electrons. The van der Waals surface area contributed by atoms with E-state index in [9.17, 15) is 4.39 Å². The summed E-state index contributed by atoms with van der Waals surface area (Å²) < 4.78 is 19.3. The van der Waals surface area contributed by atoms with Gasteiger partial charge in [-0.1, -0.05) is 6.07 Å². The minimum Gasteiger partial charge on any atom is -0.485 e. The van der Waals surface area contributed by atoms with E-state index in [-0.39, 0.29) is 18.0 Å². The number of ether oxygens (including phenoxy) is 1. The quantitative estimate of drug-likeness (QED) is 0.899. The number of pyridine rings is 1. The second-order valence-corrected chi connectivity index (χ2v) is 4.65. The Morgan fingerprint density at radius 3 is 3.00 bits per heavy atom. The van der Waals surface area contributed by atoms with E-state index in [4.69, 9.17) is 4.74 Å². The number of hydrogen-bond acceptors (Lipinski definition) is 3. The van der Waals surface area contributed by atoms with Gasteiger partial charge in [-0.3, -0.25) is 4.98 Å². The first-order chi connectivity index (χ1) is 9.28. The molecule has 98 valence electrons. The number of benzene rings is 1. The average Bonchev–Trinajstić information content (AvgIpc) is 2.47. The van der Waals surface area contributed by atoms with Crippen LogP contribution in [-0.2, 0) is 0 Å². The molecular formula is C15H15FN2O. The van der Waals surface area contributed by atoms with Gasteiger partial charge in [0.15, 0.2) is 0 Å². The molecule has 0 amide bonds. The highest BCUT2D eigenvalue weighted by Crippen LogP contribution is 2.40. The van der Waals surface area contributed by atoms with Crippen molar-refractivity contribution in [1.29, 1.82) is 0 Å². The smallest absolute Gasteiger partial charge is 0.127 e. The third-order valence-electron chi connectivity index (χ3n) is 3.47. The molecule has 1 aliphatic heterocycles. The van der Waals surface area contributed by atoms with Crippen LogP contribution in [0, 0.1) is 5.82 Å². The highest BCUT2D eigenvalue weighted by atomic mass is 19.1. The summed E-state index contributed by atoms with van der Waals surface area (Å²) in [7, 11) is 1.88. The van der Waals surface area contributed by atoms with Gasteiger partial charge in [0.2, 0.25) is 0 Å². The molecule has 0 spiro atoms. The van der Waals surface area contributed by atoms with Crippen LogP contribution in [0.3, 0.4) is 0 Å². The Morgan fingerprint density at radius 2 is 2.26 bits per heavy atom. The van der Waals surface area contributed by atoms with Crippen molar-refractivity contribution in [2.75, 3.05) is 7.05 Å². The van der Waals surface area contributed by atoms with E-state index in [1.165, 1.54) is 12.1 Å². The van der Waals surface area contributed by atoms with Gasteiger partial charge in [0.25, 0.3) is 0 Å². The number of aromatic nitrogens is 1. The van der Waals surface area contributed by atoms with Gasteiger partial charge in [-0.05, 0) is 31.3 Å². The van der Waals surface area contributed by atoms with E-state index in [0.29, 0.717) is 0 Å². The molecule has 2 atom stereocenters. The van der Waals surface area contributed by atoms with E-state index in [1.807, 2.05) is 25.4 Å². The summed E-state index contributed by atoms with van der Waals surface area (Å²) in [6.07, 6.45) is 4.26. The van der Waals surface area contributed by atoms with Gasteiger partial charge in [-0.2, -0.15) is 0 Å². The summed E-state index contributed by atoms with van der Waals surface area (Å²) in [4.78, 5) is 4.12. The first kappa shape index (κ1) is 12.1. The SMILES string of the molecule is CNC1CC(c2cccnc2)Oc2ccc(F)cc21. The molecule has 1 aliphatic rings. The van der Waals surface area contributed by atoms with Crippen LogP contribution in [0.15, 0.2) is 42.7 Å². The van der Waals surface area contributed by atoms with Crippen molar-refractivity contribution < 1.29 is 9.13 Å². The maximum atomic E-state index is 13.3. The van der Waals surface area contributed by atoms with Crippen LogP contribution >= 0.6 is 0 Å². The van der Waals surface area contributed by atoms with E-state index < -0.39 is 0 Å². The lowest BCUT2D eigenvalue weighted by molar-refractivity contribution is 0.153. The van der Waals surface area contributed by atoms with Gasteiger partial charge in [0.05, 0.1) is 0 Å². The zero-order valence-corrected chi connectivity index (χ0v) is 10.6. The molecule has 1 aromatic carbocycles. The standard InChI is InChI=1S/C15H15FN2O/c1-17-13-8-15(10-3-2-6-18-9-10)19-14-5-4-11(16)7-12(13)14/h2-7,9,13,15,17H,8H2,1H3. The topological polar surface area (TPSA) is 34.2 Å². The summed E-state index contributed by atoms with van der Waals surface area (Å²) in [6.45, 7) is 0. The Hall–Kier alpha value is -1.94. The van der Waals surface area contributed by atoms with Crippen molar-refractivity contribution in [3.05, 3.63) is 59.7 Å². The largest absolute Gasteiger partial charge is 0.485 e. The van der Waals surface area contributed by atoms with Gasteiger partial charge >= 0.3 is 0 Å². The van der Waals surface area contributed by atoms with Crippen LogP contribution in [-0.4, -0.2) is 12.0 Å². The van der Waals surface area contributed by atoms with Crippen LogP contribution in [0.4, 0.5) is 4.39 Å². The number of nitrogens with one attached hydrogen (secondary N) is 1. The Kier molecular flexibility index (Phi) is 3.17. The summed E-state index contributed by atoms with van der Waals surface area (Å²) in [5, 5.41) is 3.22. The van der Waals surface area contributed by atoms with Crippen molar-refractivity contribution in [2.24, 2.45) is 0 Å². The lowest BCUT2D eigenvalue weighted by Crippen LogP contribution is -2.26. The highest BCUT2D eigenvalue weighted by molar-refractivity contribution is 5.39. The van der Waals surface area contributed by atoms with E-state index in [0.717, 1.165) is 23.3 Å². The molecular weight excluding hydrogens is 243 g/mol. The molecule has 2 aromatic rings. The molecule has 3 nitrogen and oxygen atoms in total. The van der Waals surface area contributed by atoms with Gasteiger partial charge in [0.1, 0.15) is 17.7 Å². The molecule has 19 heavy (non-hydrogen) atoms. The predicted octanol–water partition coefficient (Wildman–Crippen LogP) is 3.01. The maximum Gasteiger partial charge on any atom is 0.127 e. The first-order valence-corrected chi connectivity index (χ1v) is 6.31. The summed E-state index contributed by atoms with van der Waals surface area (Å²) in [5.41, 5.74) is 1.92. The number of hydrogen-bond donors (Lipinski definition) is 1. The molecule has 1 N–H and O–H groups in total. The first-order valence-electron chi connectivity index (χ1n) is 6.31. The van der Waals surface area contributed by atoms with E-state index >= 15 is 0 Å². The van der Waals surface area contributed by atoms with Crippen LogP contribution in [0.2, 0.25) is 0 Å². The fourth-order valence-electron chi connectivity index (χ4n) is 2.49. The Labute approximate surface area is 111 Å². The fraction of sp³-hybridized carbons (Fsp3) is 0.267. The third kappa shape index (κ3) is 2.31. The van der Waals surface area contributed by atoms with Crippen molar-refractivity contribution in [1.82, 2.24) is 10.3 Å². The lowest BCUT2D eigenvalue weighted by Gasteiger charge is -2.32. The van der Waals surface area contributed by atoms with Crippen LogP contribution in [0.25, 0.3) is 0 Å². The number of fused-ring (bicyclic) bond motifs is 1. The van der Waals surface area contributed by atoms with Gasteiger partial charge in [-0.25, -0.2) is 4.39 Å². The molecule has 2 unspecified atom stereocenters. The zero-order chi connectivity index (χ0) is 13.2. The highest BCUT2D eigenvalue weighted by Gasteiger charge is 2.28. The third-order valence-corrected chi connectivity index (χ3v) is 3.47. The number of halogens is 1. The normalized spacial score (nSPS) is 21.6. The monoisotopic (exact) mass is 258 g/mol.